The van der Waals surface area contributed by atoms with E-state index in [1.54, 1.807) is 17.9 Å². The highest BCUT2D eigenvalue weighted by atomic mass is 16.2. The summed E-state index contributed by atoms with van der Waals surface area (Å²) in [4.78, 5) is 36.6. The van der Waals surface area contributed by atoms with Crippen molar-refractivity contribution in [1.82, 2.24) is 15.1 Å². The maximum absolute atomic E-state index is 12.9. The number of primary amides is 1. The smallest absolute Gasteiger partial charge is 0.287 e. The Balaban J connectivity index is 1.82. The molecule has 0 bridgehead atoms. The average Bonchev–Trinajstić information content (AvgIpc) is 3.30. The first-order valence-electron chi connectivity index (χ1n) is 9.17. The van der Waals surface area contributed by atoms with Gasteiger partial charge in [-0.3, -0.25) is 19.1 Å². The molecule has 27 heavy (non-hydrogen) atoms. The molecule has 1 saturated carbocycles. The Morgan fingerprint density at radius 1 is 1.22 bits per heavy atom. The Bertz CT molecular complexity index is 838. The van der Waals surface area contributed by atoms with Crippen molar-refractivity contribution in [3.8, 4) is 0 Å². The molecule has 0 spiro atoms. The van der Waals surface area contributed by atoms with Crippen molar-refractivity contribution in [2.75, 3.05) is 0 Å². The van der Waals surface area contributed by atoms with Gasteiger partial charge in [0.2, 0.25) is 5.78 Å². The molecule has 1 aromatic carbocycles. The minimum atomic E-state index is -1.06. The molecule has 7 heteroatoms. The lowest BCUT2D eigenvalue weighted by molar-refractivity contribution is -0.137. The van der Waals surface area contributed by atoms with Gasteiger partial charge in [-0.2, -0.15) is 5.10 Å². The molecule has 2 aromatic rings. The summed E-state index contributed by atoms with van der Waals surface area (Å²) in [5, 5.41) is 7.16. The van der Waals surface area contributed by atoms with Crippen LogP contribution in [0.15, 0.2) is 36.5 Å². The minimum Gasteiger partial charge on any atom is -0.363 e. The van der Waals surface area contributed by atoms with E-state index in [4.69, 9.17) is 5.73 Å². The van der Waals surface area contributed by atoms with Crippen LogP contribution < -0.4 is 11.1 Å². The monoisotopic (exact) mass is 368 g/mol. The minimum absolute atomic E-state index is 0.202. The summed E-state index contributed by atoms with van der Waals surface area (Å²) in [6.07, 6.45) is 6.12. The second-order valence-electron chi connectivity index (χ2n) is 7.03. The van der Waals surface area contributed by atoms with Gasteiger partial charge in [0, 0.05) is 25.6 Å². The molecule has 1 aliphatic rings. The lowest BCUT2D eigenvalue weighted by atomic mass is 9.98. The number of amides is 2. The second kappa shape index (κ2) is 8.16. The van der Waals surface area contributed by atoms with Gasteiger partial charge >= 0.3 is 0 Å². The fourth-order valence-corrected chi connectivity index (χ4v) is 3.65. The molecule has 3 rings (SSSR count). The van der Waals surface area contributed by atoms with E-state index in [2.05, 4.69) is 10.4 Å². The van der Waals surface area contributed by atoms with E-state index in [0.717, 1.165) is 36.9 Å². The van der Waals surface area contributed by atoms with Gasteiger partial charge in [-0.25, -0.2) is 0 Å². The van der Waals surface area contributed by atoms with Crippen LogP contribution in [0.3, 0.4) is 0 Å². The highest BCUT2D eigenvalue weighted by Crippen LogP contribution is 2.34. The van der Waals surface area contributed by atoms with Crippen LogP contribution in [-0.2, 0) is 23.1 Å². The van der Waals surface area contributed by atoms with Crippen molar-refractivity contribution in [2.45, 2.75) is 44.1 Å². The van der Waals surface area contributed by atoms with Crippen molar-refractivity contribution in [3.63, 3.8) is 0 Å². The number of aryl methyl sites for hydroxylation is 1. The van der Waals surface area contributed by atoms with Gasteiger partial charge < -0.3 is 11.1 Å². The molecule has 0 saturated heterocycles. The zero-order valence-electron chi connectivity index (χ0n) is 15.4. The third kappa shape index (κ3) is 4.42. The van der Waals surface area contributed by atoms with Crippen molar-refractivity contribution in [1.29, 1.82) is 0 Å². The Hall–Kier alpha value is -2.96. The highest BCUT2D eigenvalue weighted by molar-refractivity contribution is 6.38. The number of nitrogens with zero attached hydrogens (tertiary/aromatic N) is 2. The van der Waals surface area contributed by atoms with Gasteiger partial charge in [0.1, 0.15) is 6.04 Å². The Morgan fingerprint density at radius 3 is 2.52 bits per heavy atom. The van der Waals surface area contributed by atoms with Gasteiger partial charge in [0.05, 0.1) is 11.3 Å². The fourth-order valence-electron chi connectivity index (χ4n) is 3.65. The number of carbonyl (C=O) groups is 3. The van der Waals surface area contributed by atoms with E-state index in [1.165, 1.54) is 0 Å². The third-order valence-corrected chi connectivity index (χ3v) is 4.99. The molecular weight excluding hydrogens is 344 g/mol. The Kier molecular flexibility index (Phi) is 5.69. The predicted octanol–water partition coefficient (Wildman–Crippen LogP) is 1.47. The molecule has 0 aliphatic heterocycles. The average molecular weight is 368 g/mol. The maximum Gasteiger partial charge on any atom is 0.287 e. The number of aromatic nitrogens is 2. The summed E-state index contributed by atoms with van der Waals surface area (Å²) in [6, 6.07) is 8.19. The van der Waals surface area contributed by atoms with E-state index in [0.29, 0.717) is 5.56 Å². The van der Waals surface area contributed by atoms with Gasteiger partial charge in [0.15, 0.2) is 0 Å². The van der Waals surface area contributed by atoms with E-state index < -0.39 is 23.6 Å². The largest absolute Gasteiger partial charge is 0.363 e. The first kappa shape index (κ1) is 18.8. The normalized spacial score (nSPS) is 15.4. The first-order valence-corrected chi connectivity index (χ1v) is 9.17. The molecule has 1 aliphatic carbocycles. The standard InChI is InChI=1S/C20H24N4O3/c1-24-12-15(17(23-24)14-9-5-6-10-14)20(27)22-16(18(25)19(21)26)11-13-7-3-2-4-8-13/h2-4,7-8,12,14,16H,5-6,9-11H2,1H3,(H2,21,26)(H,22,27). The van der Waals surface area contributed by atoms with Crippen LogP contribution in [0.5, 0.6) is 0 Å². The van der Waals surface area contributed by atoms with Crippen molar-refractivity contribution in [3.05, 3.63) is 53.3 Å². The van der Waals surface area contributed by atoms with Gasteiger partial charge in [0.25, 0.3) is 11.8 Å². The lowest BCUT2D eigenvalue weighted by Gasteiger charge is -2.17. The van der Waals surface area contributed by atoms with Gasteiger partial charge in [-0.1, -0.05) is 43.2 Å². The van der Waals surface area contributed by atoms with E-state index in [1.807, 2.05) is 30.3 Å². The van der Waals surface area contributed by atoms with E-state index in [-0.39, 0.29) is 12.3 Å². The van der Waals surface area contributed by atoms with Crippen LogP contribution in [0.4, 0.5) is 0 Å². The molecular formula is C20H24N4O3. The maximum atomic E-state index is 12.9. The quantitative estimate of drug-likeness (QED) is 0.722. The number of Topliss-reactive ketones (excluding diaryl/α,β-unsaturated/α-hetero) is 1. The molecule has 142 valence electrons. The molecule has 1 unspecified atom stereocenters. The summed E-state index contributed by atoms with van der Waals surface area (Å²) in [7, 11) is 1.77. The van der Waals surface area contributed by atoms with Crippen LogP contribution in [0.2, 0.25) is 0 Å². The molecule has 7 nitrogen and oxygen atoms in total. The van der Waals surface area contributed by atoms with Gasteiger partial charge in [-0.15, -0.1) is 0 Å². The molecule has 1 fully saturated rings. The number of nitrogens with one attached hydrogen (secondary N) is 1. The summed E-state index contributed by atoms with van der Waals surface area (Å²) < 4.78 is 1.62. The molecule has 1 heterocycles. The molecule has 1 aromatic heterocycles. The summed E-state index contributed by atoms with van der Waals surface area (Å²) in [6.45, 7) is 0. The predicted molar refractivity (Wildman–Crippen MR) is 100 cm³/mol. The number of carbonyl (C=O) groups excluding carboxylic acids is 3. The van der Waals surface area contributed by atoms with Crippen molar-refractivity contribution < 1.29 is 14.4 Å². The number of rotatable bonds is 7. The SMILES string of the molecule is Cn1cc(C(=O)NC(Cc2ccccc2)C(=O)C(N)=O)c(C2CCCC2)n1. The number of nitrogens with two attached hydrogens (primary N) is 1. The number of hydrogen-bond acceptors (Lipinski definition) is 4. The van der Waals surface area contributed by atoms with Crippen molar-refractivity contribution in [2.24, 2.45) is 12.8 Å². The third-order valence-electron chi connectivity index (χ3n) is 4.99. The lowest BCUT2D eigenvalue weighted by Crippen LogP contribution is -2.47. The second-order valence-corrected chi connectivity index (χ2v) is 7.03. The van der Waals surface area contributed by atoms with E-state index >= 15 is 0 Å². The Labute approximate surface area is 157 Å². The number of hydrogen-bond donors (Lipinski definition) is 2. The van der Waals surface area contributed by atoms with Crippen LogP contribution >= 0.6 is 0 Å². The zero-order chi connectivity index (χ0) is 19.4. The fraction of sp³-hybridized carbons (Fsp3) is 0.400. The first-order chi connectivity index (χ1) is 13.0. The Morgan fingerprint density at radius 2 is 1.89 bits per heavy atom. The zero-order valence-corrected chi connectivity index (χ0v) is 15.4. The highest BCUT2D eigenvalue weighted by Gasteiger charge is 2.30. The van der Waals surface area contributed by atoms with Crippen LogP contribution in [0, 0.1) is 0 Å². The number of benzene rings is 1. The molecule has 1 atom stereocenters. The number of ketones is 1. The summed E-state index contributed by atoms with van der Waals surface area (Å²) in [5.41, 5.74) is 7.23. The van der Waals surface area contributed by atoms with Gasteiger partial charge in [-0.05, 0) is 18.4 Å². The molecule has 0 radical (unpaired) electrons. The summed E-state index contributed by atoms with van der Waals surface area (Å²) in [5.74, 6) is -2.01. The van der Waals surface area contributed by atoms with Crippen LogP contribution in [-0.4, -0.2) is 33.4 Å². The van der Waals surface area contributed by atoms with Crippen LogP contribution in [0.25, 0.3) is 0 Å². The topological polar surface area (TPSA) is 107 Å². The van der Waals surface area contributed by atoms with Crippen LogP contribution in [0.1, 0.15) is 53.2 Å². The summed E-state index contributed by atoms with van der Waals surface area (Å²) >= 11 is 0. The molecule has 3 N–H and O–H groups in total. The van der Waals surface area contributed by atoms with Crippen molar-refractivity contribution >= 4 is 17.6 Å². The van der Waals surface area contributed by atoms with E-state index in [9.17, 15) is 14.4 Å². The molecule has 2 amide bonds.